The fourth-order valence-corrected chi connectivity index (χ4v) is 2.65. The van der Waals surface area contributed by atoms with Crippen LogP contribution in [0.3, 0.4) is 0 Å². The number of unbranched alkanes of at least 4 members (excludes halogenated alkanes) is 8. The zero-order valence-electron chi connectivity index (χ0n) is 21.2. The number of esters is 2. The van der Waals surface area contributed by atoms with Crippen molar-refractivity contribution >= 4 is 42.5 Å². The van der Waals surface area contributed by atoms with Crippen LogP contribution >= 0.6 is 12.6 Å². The summed E-state index contributed by atoms with van der Waals surface area (Å²) in [7, 11) is 1.65. The van der Waals surface area contributed by atoms with Crippen LogP contribution in [0.4, 0.5) is 0 Å². The molecule has 0 aromatic heterocycles. The highest BCUT2D eigenvalue weighted by atomic mass is 32.1. The van der Waals surface area contributed by atoms with E-state index in [1.54, 1.807) is 7.05 Å². The van der Waals surface area contributed by atoms with Crippen molar-refractivity contribution in [3.63, 3.8) is 0 Å². The van der Waals surface area contributed by atoms with E-state index in [1.165, 1.54) is 44.9 Å². The third-order valence-electron chi connectivity index (χ3n) is 4.42. The third kappa shape index (κ3) is 28.0. The van der Waals surface area contributed by atoms with Gasteiger partial charge in [-0.25, -0.2) is 4.79 Å². The van der Waals surface area contributed by atoms with Crippen molar-refractivity contribution in [3.8, 4) is 0 Å². The number of likely N-dealkylation sites (N-methyl/N-ethyl adjacent to an activating group) is 1. The Hall–Kier alpha value is -2.22. The Kier molecular flexibility index (Phi) is 27.5. The molecule has 13 heteroatoms. The van der Waals surface area contributed by atoms with E-state index in [-0.39, 0.29) is 13.2 Å². The summed E-state index contributed by atoms with van der Waals surface area (Å²) >= 11 is 3.67. The number of hydrogen-bond acceptors (Lipinski definition) is 10. The number of aliphatic hydroxyl groups is 2. The van der Waals surface area contributed by atoms with E-state index in [9.17, 15) is 24.0 Å². The molecule has 0 rings (SSSR count). The number of ether oxygens (including phenoxy) is 1. The normalized spacial score (nSPS) is 10.2. The summed E-state index contributed by atoms with van der Waals surface area (Å²) in [5.74, 6) is -5.35. The number of rotatable bonds is 18. The minimum atomic E-state index is -2.74. The van der Waals surface area contributed by atoms with Crippen molar-refractivity contribution < 1.29 is 54.2 Å². The molecule has 0 aromatic rings. The lowest BCUT2D eigenvalue weighted by Crippen LogP contribution is -2.42. The van der Waals surface area contributed by atoms with Crippen LogP contribution in [0.1, 0.15) is 84.0 Å². The molecular weight excluding hydrogens is 498 g/mol. The first kappa shape index (κ1) is 38.3. The number of nitrogens with one attached hydrogen (secondary N) is 1. The van der Waals surface area contributed by atoms with Gasteiger partial charge < -0.3 is 35.6 Å². The fraction of sp³-hybridized carbons (Fsp3) is 0.783. The van der Waals surface area contributed by atoms with Gasteiger partial charge in [-0.3, -0.25) is 19.2 Å². The summed E-state index contributed by atoms with van der Waals surface area (Å²) in [5.41, 5.74) is -2.74. The van der Waals surface area contributed by atoms with E-state index < -0.39 is 48.3 Å². The molecule has 0 aliphatic carbocycles. The third-order valence-corrected chi connectivity index (χ3v) is 4.62. The summed E-state index contributed by atoms with van der Waals surface area (Å²) in [5, 5.41) is 44.3. The Morgan fingerprint density at radius 1 is 0.806 bits per heavy atom. The number of carbonyl (C=O) groups excluding carboxylic acids is 2. The molecule has 0 saturated heterocycles. The van der Waals surface area contributed by atoms with Crippen LogP contribution in [0.5, 0.6) is 0 Å². The van der Waals surface area contributed by atoms with Crippen molar-refractivity contribution in [2.24, 2.45) is 0 Å². The maximum Gasteiger partial charge on any atom is 0.336 e. The lowest BCUT2D eigenvalue weighted by Gasteiger charge is -2.18. The summed E-state index contributed by atoms with van der Waals surface area (Å²) in [6, 6.07) is 0. The van der Waals surface area contributed by atoms with Crippen LogP contribution in [-0.2, 0) is 28.7 Å². The quantitative estimate of drug-likeness (QED) is 0.0574. The molecule has 0 heterocycles. The number of carboxylic acids is 3. The molecule has 36 heavy (non-hydrogen) atoms. The molecule has 0 spiro atoms. The highest BCUT2D eigenvalue weighted by molar-refractivity contribution is 7.80. The van der Waals surface area contributed by atoms with Crippen LogP contribution in [0, 0.1) is 0 Å². The number of aliphatic hydroxyl groups excluding tert-OH is 1. The summed E-state index contributed by atoms with van der Waals surface area (Å²) < 4.78 is 4.62. The van der Waals surface area contributed by atoms with Crippen molar-refractivity contribution in [3.05, 3.63) is 0 Å². The maximum absolute atomic E-state index is 11.3. The lowest BCUT2D eigenvalue weighted by molar-refractivity contribution is -0.170. The molecule has 6 N–H and O–H groups in total. The van der Waals surface area contributed by atoms with E-state index in [4.69, 9.17) is 25.5 Å². The second kappa shape index (κ2) is 25.9. The average Bonchev–Trinajstić information content (AvgIpc) is 2.77. The monoisotopic (exact) mass is 541 g/mol. The summed E-state index contributed by atoms with van der Waals surface area (Å²) in [6.45, 7) is 2.49. The van der Waals surface area contributed by atoms with Crippen molar-refractivity contribution in [2.45, 2.75) is 89.6 Å². The number of carboxylic acid groups (broad SMARTS) is 3. The van der Waals surface area contributed by atoms with Crippen LogP contribution in [0.15, 0.2) is 0 Å². The van der Waals surface area contributed by atoms with Gasteiger partial charge in [0.05, 0.1) is 26.0 Å². The highest BCUT2D eigenvalue weighted by Crippen LogP contribution is 2.15. The van der Waals surface area contributed by atoms with Gasteiger partial charge in [-0.1, -0.05) is 58.3 Å². The lowest BCUT2D eigenvalue weighted by atomic mass is 9.96. The van der Waals surface area contributed by atoms with Gasteiger partial charge in [0.15, 0.2) is 5.60 Å². The average molecular weight is 542 g/mol. The Morgan fingerprint density at radius 2 is 1.22 bits per heavy atom. The predicted octanol–water partition coefficient (Wildman–Crippen LogP) is 1.86. The Morgan fingerprint density at radius 3 is 1.56 bits per heavy atom. The van der Waals surface area contributed by atoms with Gasteiger partial charge >= 0.3 is 29.8 Å². The minimum absolute atomic E-state index is 0.0868. The first-order valence-electron chi connectivity index (χ1n) is 11.9. The zero-order chi connectivity index (χ0) is 28.4. The Balaban J connectivity index is -0.000000553. The van der Waals surface area contributed by atoms with E-state index >= 15 is 0 Å². The molecule has 0 unspecified atom stereocenters. The van der Waals surface area contributed by atoms with E-state index in [2.05, 4.69) is 29.6 Å². The second-order valence-corrected chi connectivity index (χ2v) is 8.33. The first-order chi connectivity index (χ1) is 16.9. The van der Waals surface area contributed by atoms with Gasteiger partial charge in [0.1, 0.15) is 0 Å². The van der Waals surface area contributed by atoms with Gasteiger partial charge in [0, 0.05) is 12.2 Å². The molecular formula is C23H43NO11S. The first-order valence-corrected chi connectivity index (χ1v) is 12.5. The largest absolute Gasteiger partial charge is 0.481 e. The van der Waals surface area contributed by atoms with Crippen LogP contribution < -0.4 is 5.32 Å². The van der Waals surface area contributed by atoms with Crippen molar-refractivity contribution in [1.82, 2.24) is 5.32 Å². The Bertz CT molecular complexity index is 611. The molecule has 0 aromatic carbocycles. The number of thiol groups is 1. The molecule has 0 saturated carbocycles. The molecule has 0 aliphatic rings. The summed E-state index contributed by atoms with van der Waals surface area (Å²) in [6.07, 6.45) is 8.94. The molecule has 0 radical (unpaired) electrons. The molecule has 0 aliphatic heterocycles. The van der Waals surface area contributed by atoms with Gasteiger partial charge in [0.25, 0.3) is 0 Å². The van der Waals surface area contributed by atoms with Crippen molar-refractivity contribution in [2.75, 3.05) is 26.0 Å². The zero-order valence-corrected chi connectivity index (χ0v) is 22.1. The number of aliphatic carboxylic acids is 3. The van der Waals surface area contributed by atoms with E-state index in [1.807, 2.05) is 0 Å². The SMILES string of the molecule is CCCCCCCCCCCC(=O)OC(=O)CNC.O=C(O)CC(O)(CC(=O)O)C(=O)O.OCCS. The highest BCUT2D eigenvalue weighted by Gasteiger charge is 2.40. The van der Waals surface area contributed by atoms with Crippen LogP contribution in [0.25, 0.3) is 0 Å². The topological polar surface area (TPSA) is 208 Å². The van der Waals surface area contributed by atoms with Gasteiger partial charge in [0.2, 0.25) is 0 Å². The Labute approximate surface area is 217 Å². The molecule has 0 amide bonds. The molecule has 0 atom stereocenters. The second-order valence-electron chi connectivity index (χ2n) is 7.88. The number of carbonyl (C=O) groups is 5. The smallest absolute Gasteiger partial charge is 0.336 e. The molecule has 0 fully saturated rings. The molecule has 12 nitrogen and oxygen atoms in total. The molecule has 212 valence electrons. The fourth-order valence-electron chi connectivity index (χ4n) is 2.65. The predicted molar refractivity (Wildman–Crippen MR) is 135 cm³/mol. The van der Waals surface area contributed by atoms with Crippen molar-refractivity contribution in [1.29, 1.82) is 0 Å². The van der Waals surface area contributed by atoms with Gasteiger partial charge in [-0.15, -0.1) is 0 Å². The van der Waals surface area contributed by atoms with Gasteiger partial charge in [-0.2, -0.15) is 12.6 Å². The minimum Gasteiger partial charge on any atom is -0.481 e. The standard InChI is InChI=1S/C15H29NO3.C6H8O7.C2H6OS/c1-3-4-5-6-7-8-9-10-11-12-14(17)19-15(18)13-16-2;7-3(8)1-6(13,5(11)12)2-4(9)10;3-1-2-4/h16H,3-13H2,1-2H3;13H,1-2H2,(H,7,8)(H,9,10)(H,11,12);3-4H,1-2H2. The molecule has 0 bridgehead atoms. The van der Waals surface area contributed by atoms with E-state index in [0.717, 1.165) is 12.8 Å². The van der Waals surface area contributed by atoms with Crippen LogP contribution in [-0.4, -0.2) is 86.9 Å². The van der Waals surface area contributed by atoms with Crippen LogP contribution in [0.2, 0.25) is 0 Å². The number of hydrogen-bond donors (Lipinski definition) is 7. The van der Waals surface area contributed by atoms with Gasteiger partial charge in [-0.05, 0) is 13.5 Å². The maximum atomic E-state index is 11.3. The van der Waals surface area contributed by atoms with E-state index in [0.29, 0.717) is 12.2 Å². The summed E-state index contributed by atoms with van der Waals surface area (Å²) in [4.78, 5) is 52.8.